The molecular weight excluding hydrogens is 147 g/mol. The minimum absolute atomic E-state index is 0.694. The largest absolute Gasteiger partial charge is 0.341 e. The van der Waals surface area contributed by atoms with Crippen LogP contribution in [0.15, 0.2) is 4.76 Å². The third kappa shape index (κ3) is 3.17. The van der Waals surface area contributed by atoms with Crippen LogP contribution in [0.25, 0.3) is 0 Å². The van der Waals surface area contributed by atoms with Gasteiger partial charge in [-0.05, 0) is 28.2 Å². The Labute approximate surface area is 49.9 Å². The first-order valence-corrected chi connectivity index (χ1v) is 3.23. The highest BCUT2D eigenvalue weighted by Gasteiger charge is 1.80. The molecule has 3 atom stereocenters. The van der Waals surface area contributed by atoms with E-state index in [0.717, 1.165) is 0 Å². The van der Waals surface area contributed by atoms with Gasteiger partial charge in [0.1, 0.15) is 0 Å². The van der Waals surface area contributed by atoms with E-state index in [9.17, 15) is 0 Å². The molecule has 0 aromatic rings. The second kappa shape index (κ2) is 4.71. The van der Waals surface area contributed by atoms with Gasteiger partial charge in [-0.1, -0.05) is 0 Å². The van der Waals surface area contributed by atoms with Crippen LogP contribution in [-0.2, 0) is 0 Å². The predicted molar refractivity (Wildman–Crippen MR) is 42.8 cm³/mol. The van der Waals surface area contributed by atoms with Gasteiger partial charge in [0, 0.05) is 0 Å². The molecule has 6 heteroatoms. The Hall–Kier alpha value is 0.560. The molecular formula is CH8N3P3. The molecule has 0 heterocycles. The van der Waals surface area contributed by atoms with E-state index in [1.165, 1.54) is 0 Å². The Bertz CT molecular complexity index is 64.6. The Morgan fingerprint density at radius 3 is 1.71 bits per heavy atom. The second-order valence-electron chi connectivity index (χ2n) is 0.766. The summed E-state index contributed by atoms with van der Waals surface area (Å²) in [5, 5.41) is 5.43. The van der Waals surface area contributed by atoms with Crippen molar-refractivity contribution in [3.63, 3.8) is 0 Å². The van der Waals surface area contributed by atoms with Gasteiger partial charge in [0.25, 0.3) is 0 Å². The zero-order valence-electron chi connectivity index (χ0n) is 3.68. The first-order chi connectivity index (χ1) is 3.35. The molecule has 0 bridgehead atoms. The number of rotatable bonds is 0. The van der Waals surface area contributed by atoms with Crippen molar-refractivity contribution >= 4 is 34.1 Å². The average molecular weight is 155 g/mol. The fourth-order valence-electron chi connectivity index (χ4n) is 0.116. The van der Waals surface area contributed by atoms with Crippen LogP contribution in [0.4, 0.5) is 0 Å². The smallest absolute Gasteiger partial charge is 0.200 e. The molecule has 2 N–H and O–H groups in total. The maximum absolute atomic E-state index is 3.69. The third-order valence-electron chi connectivity index (χ3n) is 0.403. The monoisotopic (exact) mass is 155 g/mol. The Balaban J connectivity index is 3.38. The molecule has 0 spiro atoms. The van der Waals surface area contributed by atoms with E-state index < -0.39 is 0 Å². The first-order valence-electron chi connectivity index (χ1n) is 1.56. The van der Waals surface area contributed by atoms with Crippen LogP contribution in [-0.4, -0.2) is 5.96 Å². The van der Waals surface area contributed by atoms with Crippen LogP contribution < -0.4 is 10.2 Å². The van der Waals surface area contributed by atoms with Crippen molar-refractivity contribution in [2.75, 3.05) is 0 Å². The van der Waals surface area contributed by atoms with Crippen molar-refractivity contribution in [2.24, 2.45) is 4.76 Å². The Kier molecular flexibility index (Phi) is 5.09. The molecule has 0 aliphatic heterocycles. The highest BCUT2D eigenvalue weighted by Crippen LogP contribution is 1.84. The summed E-state index contributed by atoms with van der Waals surface area (Å²) in [6.45, 7) is 0. The summed E-state index contributed by atoms with van der Waals surface area (Å²) >= 11 is 0. The molecule has 0 aromatic carbocycles. The van der Waals surface area contributed by atoms with Crippen LogP contribution >= 0.6 is 28.2 Å². The minimum Gasteiger partial charge on any atom is -0.341 e. The van der Waals surface area contributed by atoms with E-state index in [0.29, 0.717) is 5.96 Å². The summed E-state index contributed by atoms with van der Waals surface area (Å²) in [5.74, 6) is 0.694. The lowest BCUT2D eigenvalue weighted by Crippen LogP contribution is -2.21. The van der Waals surface area contributed by atoms with Gasteiger partial charge in [-0.2, -0.15) is 0 Å². The highest BCUT2D eigenvalue weighted by molar-refractivity contribution is 7.19. The van der Waals surface area contributed by atoms with Gasteiger partial charge in [-0.15, -0.1) is 0 Å². The van der Waals surface area contributed by atoms with Crippen molar-refractivity contribution in [1.82, 2.24) is 10.2 Å². The standard InChI is InChI=1S/CH8N3P3/c5-2-1(3-6)4-7/h5-7H2,(H2,2,3,4). The van der Waals surface area contributed by atoms with E-state index in [2.05, 4.69) is 43.1 Å². The molecule has 0 fully saturated rings. The summed E-state index contributed by atoms with van der Waals surface area (Å²) in [6.07, 6.45) is 0. The van der Waals surface area contributed by atoms with E-state index in [4.69, 9.17) is 0 Å². The van der Waals surface area contributed by atoms with Crippen LogP contribution in [0.5, 0.6) is 0 Å². The molecule has 3 unspecified atom stereocenters. The molecule has 0 amide bonds. The molecule has 7 heavy (non-hydrogen) atoms. The lowest BCUT2D eigenvalue weighted by atomic mass is 11.1. The van der Waals surface area contributed by atoms with Gasteiger partial charge in [0.15, 0.2) is 5.96 Å². The fraction of sp³-hybridized carbons (Fsp3) is 0. The van der Waals surface area contributed by atoms with E-state index >= 15 is 0 Å². The molecule has 0 saturated carbocycles. The van der Waals surface area contributed by atoms with Crippen molar-refractivity contribution in [3.05, 3.63) is 0 Å². The maximum atomic E-state index is 3.69. The third-order valence-corrected chi connectivity index (χ3v) is 1.21. The summed E-state index contributed by atoms with van der Waals surface area (Å²) in [6, 6.07) is 0. The van der Waals surface area contributed by atoms with Gasteiger partial charge in [0.05, 0.1) is 0 Å². The minimum atomic E-state index is 0.694. The lowest BCUT2D eigenvalue weighted by Gasteiger charge is -1.98. The number of hydrogen-bond donors (Lipinski definition) is 2. The van der Waals surface area contributed by atoms with Gasteiger partial charge >= 0.3 is 0 Å². The number of nitrogens with zero attached hydrogens (tertiary/aromatic N) is 1. The molecule has 0 radical (unpaired) electrons. The maximum Gasteiger partial charge on any atom is 0.200 e. The predicted octanol–water partition coefficient (Wildman–Crippen LogP) is -0.108. The van der Waals surface area contributed by atoms with Gasteiger partial charge in [-0.3, -0.25) is 0 Å². The molecule has 0 aromatic heterocycles. The zero-order chi connectivity index (χ0) is 5.70. The molecule has 0 rings (SSSR count). The van der Waals surface area contributed by atoms with Gasteiger partial charge < -0.3 is 10.2 Å². The SMILES string of the molecule is PN=C(NP)NP. The topological polar surface area (TPSA) is 36.4 Å². The van der Waals surface area contributed by atoms with Gasteiger partial charge in [-0.25, -0.2) is 4.76 Å². The van der Waals surface area contributed by atoms with Crippen molar-refractivity contribution in [1.29, 1.82) is 0 Å². The zero-order valence-corrected chi connectivity index (χ0v) is 7.14. The van der Waals surface area contributed by atoms with Gasteiger partial charge in [0.2, 0.25) is 0 Å². The van der Waals surface area contributed by atoms with E-state index in [1.54, 1.807) is 0 Å². The summed E-state index contributed by atoms with van der Waals surface area (Å²) < 4.78 is 3.69. The second-order valence-corrected chi connectivity index (χ2v) is 1.60. The van der Waals surface area contributed by atoms with Crippen LogP contribution in [0, 0.1) is 0 Å². The van der Waals surface area contributed by atoms with Crippen molar-refractivity contribution in [3.8, 4) is 0 Å². The van der Waals surface area contributed by atoms with Crippen LogP contribution in [0.1, 0.15) is 0 Å². The number of hydrogen-bond acceptors (Lipinski definition) is 1. The number of guanidine groups is 1. The fourth-order valence-corrected chi connectivity index (χ4v) is 1.05. The van der Waals surface area contributed by atoms with E-state index in [1.807, 2.05) is 0 Å². The first kappa shape index (κ1) is 7.56. The average Bonchev–Trinajstić information content (AvgIpc) is 1.72. The molecule has 0 aliphatic carbocycles. The molecule has 3 nitrogen and oxygen atoms in total. The molecule has 42 valence electrons. The van der Waals surface area contributed by atoms with E-state index in [-0.39, 0.29) is 0 Å². The Morgan fingerprint density at radius 1 is 1.29 bits per heavy atom. The summed E-state index contributed by atoms with van der Waals surface area (Å²) in [7, 11) is 6.85. The van der Waals surface area contributed by atoms with Crippen LogP contribution in [0.2, 0.25) is 0 Å². The molecule has 0 aliphatic rings. The van der Waals surface area contributed by atoms with Crippen molar-refractivity contribution < 1.29 is 0 Å². The molecule has 0 saturated heterocycles. The van der Waals surface area contributed by atoms with Crippen LogP contribution in [0.3, 0.4) is 0 Å². The Morgan fingerprint density at radius 2 is 1.71 bits per heavy atom. The number of nitrogens with one attached hydrogen (secondary N) is 2. The normalized spacial score (nSPS) is 7.29. The lowest BCUT2D eigenvalue weighted by molar-refractivity contribution is 1.35. The quantitative estimate of drug-likeness (QED) is 0.291. The highest BCUT2D eigenvalue weighted by atomic mass is 31.0. The van der Waals surface area contributed by atoms with Crippen molar-refractivity contribution in [2.45, 2.75) is 0 Å². The summed E-state index contributed by atoms with van der Waals surface area (Å²) in [5.41, 5.74) is 0. The summed E-state index contributed by atoms with van der Waals surface area (Å²) in [4.78, 5) is 0.